The third-order valence-corrected chi connectivity index (χ3v) is 3.72. The van der Waals surface area contributed by atoms with Gasteiger partial charge in [-0.25, -0.2) is 4.79 Å². The minimum absolute atomic E-state index is 0.0115. The van der Waals surface area contributed by atoms with E-state index in [2.05, 4.69) is 5.32 Å². The third kappa shape index (κ3) is 5.62. The molecule has 1 fully saturated rings. The van der Waals surface area contributed by atoms with Crippen molar-refractivity contribution in [3.8, 4) is 0 Å². The van der Waals surface area contributed by atoms with Gasteiger partial charge in [0, 0.05) is 25.9 Å². The second-order valence-corrected chi connectivity index (χ2v) is 6.85. The number of rotatable bonds is 5. The Bertz CT molecular complexity index is 519. The summed E-state index contributed by atoms with van der Waals surface area (Å²) in [6.07, 6.45) is 4.09. The molecule has 0 saturated carbocycles. The first-order valence-electron chi connectivity index (χ1n) is 8.14. The second kappa shape index (κ2) is 7.53. The molecule has 1 aliphatic rings. The van der Waals surface area contributed by atoms with Gasteiger partial charge in [0.05, 0.1) is 12.3 Å². The van der Waals surface area contributed by atoms with Crippen LogP contribution in [-0.4, -0.2) is 41.6 Å². The Labute approximate surface area is 137 Å². The molecule has 6 heteroatoms. The van der Waals surface area contributed by atoms with Crippen molar-refractivity contribution in [1.82, 2.24) is 10.2 Å². The molecule has 2 amide bonds. The van der Waals surface area contributed by atoms with Gasteiger partial charge in [-0.1, -0.05) is 0 Å². The number of hydrogen-bond acceptors (Lipinski definition) is 4. The lowest BCUT2D eigenvalue weighted by atomic mass is 10.2. The quantitative estimate of drug-likeness (QED) is 0.905. The summed E-state index contributed by atoms with van der Waals surface area (Å²) < 4.78 is 10.6. The fourth-order valence-electron chi connectivity index (χ4n) is 2.62. The van der Waals surface area contributed by atoms with Crippen LogP contribution in [0.25, 0.3) is 0 Å². The molecule has 2 rings (SSSR count). The molecule has 1 saturated heterocycles. The van der Waals surface area contributed by atoms with Crippen molar-refractivity contribution in [2.24, 2.45) is 0 Å². The van der Waals surface area contributed by atoms with Gasteiger partial charge in [-0.05, 0) is 45.7 Å². The number of carbonyl (C=O) groups is 2. The van der Waals surface area contributed by atoms with Gasteiger partial charge in [0.2, 0.25) is 5.91 Å². The number of aryl methyl sites for hydroxylation is 1. The Morgan fingerprint density at radius 2 is 2.22 bits per heavy atom. The number of likely N-dealkylation sites (tertiary alicyclic amines) is 1. The Hall–Kier alpha value is -1.98. The highest BCUT2D eigenvalue weighted by atomic mass is 16.6. The molecule has 23 heavy (non-hydrogen) atoms. The molecule has 1 unspecified atom stereocenters. The summed E-state index contributed by atoms with van der Waals surface area (Å²) in [5.41, 5.74) is -0.503. The van der Waals surface area contributed by atoms with E-state index in [-0.39, 0.29) is 18.0 Å². The SMILES string of the molecule is CC(C)(C)OC(=O)N1CCCC1CNC(=O)CCc1ccco1. The first-order valence-corrected chi connectivity index (χ1v) is 8.14. The maximum absolute atomic E-state index is 12.2. The van der Waals surface area contributed by atoms with E-state index >= 15 is 0 Å². The number of ether oxygens (including phenoxy) is 1. The fourth-order valence-corrected chi connectivity index (χ4v) is 2.62. The highest BCUT2D eigenvalue weighted by molar-refractivity contribution is 5.76. The Morgan fingerprint density at radius 3 is 2.87 bits per heavy atom. The van der Waals surface area contributed by atoms with E-state index in [1.165, 1.54) is 0 Å². The molecular formula is C17H26N2O4. The normalized spacial score (nSPS) is 18.0. The van der Waals surface area contributed by atoms with E-state index in [0.717, 1.165) is 18.6 Å². The van der Waals surface area contributed by atoms with Gasteiger partial charge in [0.25, 0.3) is 0 Å². The lowest BCUT2D eigenvalue weighted by molar-refractivity contribution is -0.121. The van der Waals surface area contributed by atoms with E-state index in [9.17, 15) is 9.59 Å². The topological polar surface area (TPSA) is 71.8 Å². The molecule has 1 aromatic rings. The number of nitrogens with one attached hydrogen (secondary N) is 1. The van der Waals surface area contributed by atoms with Crippen molar-refractivity contribution >= 4 is 12.0 Å². The number of hydrogen-bond donors (Lipinski definition) is 1. The second-order valence-electron chi connectivity index (χ2n) is 6.85. The van der Waals surface area contributed by atoms with Crippen LogP contribution >= 0.6 is 0 Å². The van der Waals surface area contributed by atoms with Crippen LogP contribution in [0.3, 0.4) is 0 Å². The molecule has 0 aromatic carbocycles. The zero-order valence-corrected chi connectivity index (χ0v) is 14.1. The van der Waals surface area contributed by atoms with Gasteiger partial charge in [-0.2, -0.15) is 0 Å². The smallest absolute Gasteiger partial charge is 0.410 e. The van der Waals surface area contributed by atoms with Crippen LogP contribution in [0.15, 0.2) is 22.8 Å². The minimum Gasteiger partial charge on any atom is -0.469 e. The Morgan fingerprint density at radius 1 is 1.43 bits per heavy atom. The highest BCUT2D eigenvalue weighted by Gasteiger charge is 2.32. The summed E-state index contributed by atoms with van der Waals surface area (Å²) in [5, 5.41) is 2.90. The molecule has 1 aromatic heterocycles. The van der Waals surface area contributed by atoms with Crippen LogP contribution in [0.5, 0.6) is 0 Å². The molecule has 6 nitrogen and oxygen atoms in total. The van der Waals surface area contributed by atoms with Crippen LogP contribution in [0.1, 0.15) is 45.8 Å². The highest BCUT2D eigenvalue weighted by Crippen LogP contribution is 2.20. The van der Waals surface area contributed by atoms with Crippen molar-refractivity contribution in [3.05, 3.63) is 24.2 Å². The molecule has 0 aliphatic carbocycles. The van der Waals surface area contributed by atoms with Gasteiger partial charge in [-0.3, -0.25) is 4.79 Å². The zero-order chi connectivity index (χ0) is 16.9. The van der Waals surface area contributed by atoms with Crippen LogP contribution in [0, 0.1) is 0 Å². The summed E-state index contributed by atoms with van der Waals surface area (Å²) in [4.78, 5) is 25.8. The molecule has 0 spiro atoms. The van der Waals surface area contributed by atoms with Crippen molar-refractivity contribution in [3.63, 3.8) is 0 Å². The minimum atomic E-state index is -0.503. The van der Waals surface area contributed by atoms with Gasteiger partial charge in [0.15, 0.2) is 0 Å². The summed E-state index contributed by atoms with van der Waals surface area (Å²) in [5.74, 6) is 0.772. The van der Waals surface area contributed by atoms with Gasteiger partial charge >= 0.3 is 6.09 Å². The summed E-state index contributed by atoms with van der Waals surface area (Å²) in [6, 6.07) is 3.68. The van der Waals surface area contributed by atoms with E-state index in [1.807, 2.05) is 32.9 Å². The predicted octanol–water partition coefficient (Wildman–Crippen LogP) is 2.73. The van der Waals surface area contributed by atoms with Crippen molar-refractivity contribution in [2.45, 2.75) is 58.1 Å². The maximum Gasteiger partial charge on any atom is 0.410 e. The van der Waals surface area contributed by atoms with Crippen LogP contribution in [0.2, 0.25) is 0 Å². The lowest BCUT2D eigenvalue weighted by Gasteiger charge is -2.28. The molecule has 2 heterocycles. The Balaban J connectivity index is 1.75. The average molecular weight is 322 g/mol. The van der Waals surface area contributed by atoms with Gasteiger partial charge in [0.1, 0.15) is 11.4 Å². The average Bonchev–Trinajstić information content (AvgIpc) is 3.12. The van der Waals surface area contributed by atoms with Gasteiger partial charge in [-0.15, -0.1) is 0 Å². The molecule has 0 radical (unpaired) electrons. The molecule has 128 valence electrons. The first-order chi connectivity index (χ1) is 10.8. The molecule has 1 atom stereocenters. The number of amides is 2. The molecule has 1 N–H and O–H groups in total. The largest absolute Gasteiger partial charge is 0.469 e. The molecule has 0 bridgehead atoms. The number of furan rings is 1. The van der Waals surface area contributed by atoms with Crippen LogP contribution < -0.4 is 5.32 Å². The van der Waals surface area contributed by atoms with Crippen molar-refractivity contribution in [2.75, 3.05) is 13.1 Å². The summed E-state index contributed by atoms with van der Waals surface area (Å²) in [6.45, 7) is 6.71. The van der Waals surface area contributed by atoms with E-state index in [4.69, 9.17) is 9.15 Å². The maximum atomic E-state index is 12.2. The summed E-state index contributed by atoms with van der Waals surface area (Å²) >= 11 is 0. The van der Waals surface area contributed by atoms with E-state index < -0.39 is 5.60 Å². The van der Waals surface area contributed by atoms with E-state index in [1.54, 1.807) is 11.2 Å². The molecule has 1 aliphatic heterocycles. The lowest BCUT2D eigenvalue weighted by Crippen LogP contribution is -2.45. The van der Waals surface area contributed by atoms with Crippen LogP contribution in [-0.2, 0) is 16.0 Å². The monoisotopic (exact) mass is 322 g/mol. The number of nitrogens with zero attached hydrogens (tertiary/aromatic N) is 1. The molecular weight excluding hydrogens is 296 g/mol. The summed E-state index contributed by atoms with van der Waals surface area (Å²) in [7, 11) is 0. The standard InChI is InChI=1S/C17H26N2O4/c1-17(2,3)23-16(21)19-10-4-6-13(19)12-18-15(20)9-8-14-7-5-11-22-14/h5,7,11,13H,4,6,8-10,12H2,1-3H3,(H,18,20). The fraction of sp³-hybridized carbons (Fsp3) is 0.647. The van der Waals surface area contributed by atoms with Gasteiger partial charge < -0.3 is 19.4 Å². The van der Waals surface area contributed by atoms with Crippen molar-refractivity contribution in [1.29, 1.82) is 0 Å². The number of carbonyl (C=O) groups excluding carboxylic acids is 2. The first kappa shape index (κ1) is 17.4. The van der Waals surface area contributed by atoms with E-state index in [0.29, 0.717) is 25.9 Å². The van der Waals surface area contributed by atoms with Crippen LogP contribution in [0.4, 0.5) is 4.79 Å². The Kier molecular flexibility index (Phi) is 5.69. The zero-order valence-electron chi connectivity index (χ0n) is 14.1. The van der Waals surface area contributed by atoms with Crippen molar-refractivity contribution < 1.29 is 18.7 Å². The predicted molar refractivity (Wildman–Crippen MR) is 86.0 cm³/mol. The third-order valence-electron chi connectivity index (χ3n) is 3.72.